The summed E-state index contributed by atoms with van der Waals surface area (Å²) in [5.41, 5.74) is 0.273. The molecule has 2 aliphatic rings. The predicted octanol–water partition coefficient (Wildman–Crippen LogP) is 1.12. The average molecular weight is 170 g/mol. The van der Waals surface area contributed by atoms with Gasteiger partial charge in [0.05, 0.1) is 13.2 Å². The van der Waals surface area contributed by atoms with Crippen molar-refractivity contribution in [2.45, 2.75) is 32.5 Å². The molecule has 0 aromatic rings. The molecule has 1 heterocycles. The van der Waals surface area contributed by atoms with Crippen molar-refractivity contribution in [3.05, 3.63) is 0 Å². The molecule has 3 heteroatoms. The van der Waals surface area contributed by atoms with Crippen LogP contribution < -0.4 is 0 Å². The van der Waals surface area contributed by atoms with Crippen LogP contribution in [0.25, 0.3) is 0 Å². The van der Waals surface area contributed by atoms with Gasteiger partial charge < -0.3 is 9.47 Å². The third-order valence-electron chi connectivity index (χ3n) is 2.90. The summed E-state index contributed by atoms with van der Waals surface area (Å²) < 4.78 is 10.9. The smallest absolute Gasteiger partial charge is 0.225 e. The van der Waals surface area contributed by atoms with Crippen LogP contribution >= 0.6 is 0 Å². The molecule has 0 amide bonds. The van der Waals surface area contributed by atoms with E-state index in [1.807, 2.05) is 0 Å². The van der Waals surface area contributed by atoms with Crippen molar-refractivity contribution in [3.8, 4) is 0 Å². The van der Waals surface area contributed by atoms with Crippen LogP contribution in [0.2, 0.25) is 0 Å². The summed E-state index contributed by atoms with van der Waals surface area (Å²) in [6.45, 7) is 4.57. The third kappa shape index (κ3) is 1.17. The molecule has 1 aliphatic heterocycles. The molecule has 1 saturated carbocycles. The number of hydrogen-bond acceptors (Lipinski definition) is 3. The van der Waals surface area contributed by atoms with Crippen molar-refractivity contribution in [1.29, 1.82) is 0 Å². The zero-order valence-electron chi connectivity index (χ0n) is 7.55. The number of ether oxygens (including phenoxy) is 2. The van der Waals surface area contributed by atoms with Crippen LogP contribution in [0.15, 0.2) is 0 Å². The molecule has 0 bridgehead atoms. The van der Waals surface area contributed by atoms with E-state index in [1.165, 1.54) is 19.8 Å². The van der Waals surface area contributed by atoms with E-state index in [1.54, 1.807) is 6.92 Å². The standard InChI is InChI=1S/C9H14O3/c1-7(10)8(2)11-5-9(3-4-9)6-12-8/h3-6H2,1-2H3. The van der Waals surface area contributed by atoms with Gasteiger partial charge in [-0.25, -0.2) is 0 Å². The van der Waals surface area contributed by atoms with E-state index in [0.717, 1.165) is 0 Å². The monoisotopic (exact) mass is 170 g/mol. The van der Waals surface area contributed by atoms with Gasteiger partial charge in [0.15, 0.2) is 5.78 Å². The van der Waals surface area contributed by atoms with Gasteiger partial charge in [-0.15, -0.1) is 0 Å². The molecule has 68 valence electrons. The summed E-state index contributed by atoms with van der Waals surface area (Å²) in [5.74, 6) is -1.01. The Bertz CT molecular complexity index is 208. The van der Waals surface area contributed by atoms with Crippen molar-refractivity contribution >= 4 is 5.78 Å². The first kappa shape index (κ1) is 8.20. The molecule has 0 aromatic heterocycles. The number of rotatable bonds is 1. The second-order valence-electron chi connectivity index (χ2n) is 4.08. The van der Waals surface area contributed by atoms with Crippen molar-refractivity contribution in [1.82, 2.24) is 0 Å². The lowest BCUT2D eigenvalue weighted by atomic mass is 10.1. The highest BCUT2D eigenvalue weighted by Crippen LogP contribution is 2.49. The maximum Gasteiger partial charge on any atom is 0.225 e. The van der Waals surface area contributed by atoms with Crippen LogP contribution in [-0.4, -0.2) is 24.8 Å². The van der Waals surface area contributed by atoms with E-state index >= 15 is 0 Å². The van der Waals surface area contributed by atoms with Gasteiger partial charge in [0.1, 0.15) is 0 Å². The van der Waals surface area contributed by atoms with Gasteiger partial charge in [-0.1, -0.05) is 0 Å². The Balaban J connectivity index is 2.01. The van der Waals surface area contributed by atoms with E-state index in [-0.39, 0.29) is 11.2 Å². The van der Waals surface area contributed by atoms with Gasteiger partial charge in [0.25, 0.3) is 0 Å². The Labute approximate surface area is 72.0 Å². The summed E-state index contributed by atoms with van der Waals surface area (Å²) in [5, 5.41) is 0. The molecule has 1 spiro atoms. The van der Waals surface area contributed by atoms with Crippen molar-refractivity contribution in [2.75, 3.05) is 13.2 Å². The molecular formula is C9H14O3. The van der Waals surface area contributed by atoms with Crippen LogP contribution in [0.3, 0.4) is 0 Å². The summed E-state index contributed by atoms with van der Waals surface area (Å²) in [6.07, 6.45) is 2.36. The quantitative estimate of drug-likeness (QED) is 0.591. The normalized spacial score (nSPS) is 30.2. The molecule has 1 saturated heterocycles. The van der Waals surface area contributed by atoms with Gasteiger partial charge in [-0.2, -0.15) is 0 Å². The second-order valence-corrected chi connectivity index (χ2v) is 4.08. The Morgan fingerprint density at radius 2 is 1.75 bits per heavy atom. The molecule has 0 aromatic carbocycles. The Morgan fingerprint density at radius 3 is 2.08 bits per heavy atom. The average Bonchev–Trinajstić information content (AvgIpc) is 2.77. The first-order chi connectivity index (χ1) is 5.56. The first-order valence-corrected chi connectivity index (χ1v) is 4.35. The molecular weight excluding hydrogens is 156 g/mol. The summed E-state index contributed by atoms with van der Waals surface area (Å²) in [6, 6.07) is 0. The molecule has 2 rings (SSSR count). The lowest BCUT2D eigenvalue weighted by Gasteiger charge is -2.35. The van der Waals surface area contributed by atoms with Crippen LogP contribution in [0, 0.1) is 5.41 Å². The molecule has 0 atom stereocenters. The van der Waals surface area contributed by atoms with Crippen LogP contribution in [0.4, 0.5) is 0 Å². The lowest BCUT2D eigenvalue weighted by Crippen LogP contribution is -2.47. The largest absolute Gasteiger partial charge is 0.343 e. The predicted molar refractivity (Wildman–Crippen MR) is 42.7 cm³/mol. The van der Waals surface area contributed by atoms with Gasteiger partial charge in [0.2, 0.25) is 5.79 Å². The SMILES string of the molecule is CC(=O)C1(C)OCC2(CC2)CO1. The van der Waals surface area contributed by atoms with E-state index in [9.17, 15) is 4.79 Å². The molecule has 12 heavy (non-hydrogen) atoms. The Kier molecular flexibility index (Phi) is 1.57. The Morgan fingerprint density at radius 1 is 1.25 bits per heavy atom. The fourth-order valence-corrected chi connectivity index (χ4v) is 1.33. The highest BCUT2D eigenvalue weighted by molar-refractivity contribution is 5.83. The van der Waals surface area contributed by atoms with Gasteiger partial charge in [-0.3, -0.25) is 4.79 Å². The molecule has 1 aliphatic carbocycles. The van der Waals surface area contributed by atoms with E-state index in [4.69, 9.17) is 9.47 Å². The maximum atomic E-state index is 11.1. The minimum absolute atomic E-state index is 0.0435. The van der Waals surface area contributed by atoms with Gasteiger partial charge >= 0.3 is 0 Å². The number of carbonyl (C=O) groups is 1. The molecule has 0 N–H and O–H groups in total. The zero-order chi connectivity index (χ0) is 8.82. The first-order valence-electron chi connectivity index (χ1n) is 4.35. The van der Waals surface area contributed by atoms with Crippen LogP contribution in [0.5, 0.6) is 0 Å². The van der Waals surface area contributed by atoms with Gasteiger partial charge in [0, 0.05) is 12.3 Å². The highest BCUT2D eigenvalue weighted by Gasteiger charge is 2.51. The van der Waals surface area contributed by atoms with E-state index in [2.05, 4.69) is 0 Å². The molecule has 0 unspecified atom stereocenters. The fraction of sp³-hybridized carbons (Fsp3) is 0.889. The maximum absolute atomic E-state index is 11.1. The highest BCUT2D eigenvalue weighted by atomic mass is 16.7. The van der Waals surface area contributed by atoms with Gasteiger partial charge in [-0.05, 0) is 19.8 Å². The summed E-state index contributed by atoms with van der Waals surface area (Å²) in [4.78, 5) is 11.1. The minimum atomic E-state index is -0.964. The fourth-order valence-electron chi connectivity index (χ4n) is 1.33. The van der Waals surface area contributed by atoms with E-state index < -0.39 is 5.79 Å². The summed E-state index contributed by atoms with van der Waals surface area (Å²) >= 11 is 0. The summed E-state index contributed by atoms with van der Waals surface area (Å²) in [7, 11) is 0. The molecule has 3 nitrogen and oxygen atoms in total. The minimum Gasteiger partial charge on any atom is -0.343 e. The number of carbonyl (C=O) groups excluding carboxylic acids is 1. The van der Waals surface area contributed by atoms with Crippen LogP contribution in [0.1, 0.15) is 26.7 Å². The van der Waals surface area contributed by atoms with Crippen LogP contribution in [-0.2, 0) is 14.3 Å². The topological polar surface area (TPSA) is 35.5 Å². The van der Waals surface area contributed by atoms with Crippen molar-refractivity contribution in [2.24, 2.45) is 5.41 Å². The number of Topliss-reactive ketones (excluding diaryl/α,β-unsaturated/α-hetero) is 1. The van der Waals surface area contributed by atoms with E-state index in [0.29, 0.717) is 13.2 Å². The lowest BCUT2D eigenvalue weighted by molar-refractivity contribution is -0.262. The number of ketones is 1. The second kappa shape index (κ2) is 2.30. The zero-order valence-corrected chi connectivity index (χ0v) is 7.55. The number of hydrogen-bond donors (Lipinski definition) is 0. The Hall–Kier alpha value is -0.410. The third-order valence-corrected chi connectivity index (χ3v) is 2.90. The molecule has 2 fully saturated rings. The molecule has 0 radical (unpaired) electrons. The van der Waals surface area contributed by atoms with Crippen molar-refractivity contribution in [3.63, 3.8) is 0 Å². The van der Waals surface area contributed by atoms with Crippen molar-refractivity contribution < 1.29 is 14.3 Å².